The molecule has 0 fully saturated rings. The molecule has 1 N–H and O–H groups in total. The van der Waals surface area contributed by atoms with Crippen LogP contribution >= 0.6 is 27.5 Å². The average Bonchev–Trinajstić information content (AvgIpc) is 2.36. The van der Waals surface area contributed by atoms with Crippen molar-refractivity contribution in [2.45, 2.75) is 6.92 Å². The second-order valence-corrected chi connectivity index (χ2v) is 4.90. The normalized spacial score (nSPS) is 10.2. The lowest BCUT2D eigenvalue weighted by molar-refractivity contribution is 0.455. The summed E-state index contributed by atoms with van der Waals surface area (Å²) >= 11 is 9.29. The fraction of sp³-hybridized carbons (Fsp3) is 0.167. The van der Waals surface area contributed by atoms with Crippen molar-refractivity contribution in [3.8, 4) is 11.6 Å². The lowest BCUT2D eigenvalue weighted by Gasteiger charge is -2.10. The van der Waals surface area contributed by atoms with Crippen molar-refractivity contribution < 1.29 is 4.74 Å². The first-order valence-electron chi connectivity index (χ1n) is 5.24. The number of nitrogens with zero attached hydrogens (tertiary/aromatic N) is 2. The number of ether oxygens (including phenoxy) is 1. The molecule has 0 unspecified atom stereocenters. The zero-order chi connectivity index (χ0) is 13.1. The van der Waals surface area contributed by atoms with Crippen molar-refractivity contribution >= 4 is 33.5 Å². The Morgan fingerprint density at radius 1 is 1.39 bits per heavy atom. The molecule has 1 heterocycles. The number of anilines is 1. The largest absolute Gasteiger partial charge is 0.437 e. The summed E-state index contributed by atoms with van der Waals surface area (Å²) in [6.07, 6.45) is 1.63. The molecule has 0 radical (unpaired) electrons. The third-order valence-electron chi connectivity index (χ3n) is 2.29. The third-order valence-corrected chi connectivity index (χ3v) is 3.07. The minimum absolute atomic E-state index is 0.444. The van der Waals surface area contributed by atoms with Crippen molar-refractivity contribution in [1.29, 1.82) is 0 Å². The zero-order valence-electron chi connectivity index (χ0n) is 9.87. The van der Waals surface area contributed by atoms with Crippen molar-refractivity contribution in [3.63, 3.8) is 0 Å². The van der Waals surface area contributed by atoms with E-state index in [1.165, 1.54) is 0 Å². The molecule has 0 amide bonds. The maximum Gasteiger partial charge on any atom is 0.238 e. The fourth-order valence-electron chi connectivity index (χ4n) is 1.33. The second-order valence-electron chi connectivity index (χ2n) is 3.61. The van der Waals surface area contributed by atoms with E-state index in [0.717, 1.165) is 5.56 Å². The number of hydrogen-bond acceptors (Lipinski definition) is 4. The Bertz CT molecular complexity index is 577. The molecule has 0 aliphatic carbocycles. The topological polar surface area (TPSA) is 47.0 Å². The van der Waals surface area contributed by atoms with Gasteiger partial charge >= 0.3 is 0 Å². The standard InChI is InChI=1S/C12H11BrClN3O/c1-7-3-4-8(14)5-10(7)18-11-9(13)6-16-12(15-2)17-11/h3-6H,1-2H3,(H,15,16,17). The summed E-state index contributed by atoms with van der Waals surface area (Å²) in [7, 11) is 1.75. The monoisotopic (exact) mass is 327 g/mol. The minimum Gasteiger partial charge on any atom is -0.437 e. The van der Waals surface area contributed by atoms with E-state index in [0.29, 0.717) is 27.1 Å². The summed E-state index contributed by atoms with van der Waals surface area (Å²) in [6.45, 7) is 1.94. The van der Waals surface area contributed by atoms with Gasteiger partial charge in [0.2, 0.25) is 11.8 Å². The smallest absolute Gasteiger partial charge is 0.238 e. The van der Waals surface area contributed by atoms with Gasteiger partial charge in [-0.05, 0) is 40.5 Å². The Labute approximate surface area is 118 Å². The van der Waals surface area contributed by atoms with Gasteiger partial charge in [-0.2, -0.15) is 4.98 Å². The van der Waals surface area contributed by atoms with Gasteiger partial charge < -0.3 is 10.1 Å². The highest BCUT2D eigenvalue weighted by atomic mass is 79.9. The number of halogens is 2. The molecule has 0 spiro atoms. The Kier molecular flexibility index (Phi) is 4.04. The van der Waals surface area contributed by atoms with Crippen molar-refractivity contribution in [2.75, 3.05) is 12.4 Å². The van der Waals surface area contributed by atoms with Crippen LogP contribution in [0.2, 0.25) is 5.02 Å². The molecule has 94 valence electrons. The van der Waals surface area contributed by atoms with Gasteiger partial charge in [0.1, 0.15) is 5.75 Å². The van der Waals surface area contributed by atoms with Crippen LogP contribution in [0.15, 0.2) is 28.9 Å². The van der Waals surface area contributed by atoms with Crippen LogP contribution in [0.5, 0.6) is 11.6 Å². The molecule has 0 aliphatic rings. The summed E-state index contributed by atoms with van der Waals surface area (Å²) in [6, 6.07) is 5.47. The quantitative estimate of drug-likeness (QED) is 0.924. The minimum atomic E-state index is 0.444. The van der Waals surface area contributed by atoms with Crippen LogP contribution in [0.25, 0.3) is 0 Å². The van der Waals surface area contributed by atoms with Gasteiger partial charge in [0.05, 0.1) is 10.7 Å². The molecule has 6 heteroatoms. The molecule has 2 aromatic rings. The highest BCUT2D eigenvalue weighted by Gasteiger charge is 2.09. The van der Waals surface area contributed by atoms with Gasteiger partial charge in [-0.3, -0.25) is 0 Å². The van der Waals surface area contributed by atoms with E-state index in [4.69, 9.17) is 16.3 Å². The van der Waals surface area contributed by atoms with Crippen molar-refractivity contribution in [1.82, 2.24) is 9.97 Å². The molecular weight excluding hydrogens is 318 g/mol. The van der Waals surface area contributed by atoms with Gasteiger partial charge in [0, 0.05) is 12.1 Å². The number of rotatable bonds is 3. The van der Waals surface area contributed by atoms with E-state index in [-0.39, 0.29) is 0 Å². The number of nitrogens with one attached hydrogen (secondary N) is 1. The Morgan fingerprint density at radius 3 is 2.89 bits per heavy atom. The van der Waals surface area contributed by atoms with E-state index in [9.17, 15) is 0 Å². The van der Waals surface area contributed by atoms with Crippen LogP contribution in [-0.4, -0.2) is 17.0 Å². The average molecular weight is 329 g/mol. The Balaban J connectivity index is 2.36. The lowest BCUT2D eigenvalue weighted by Crippen LogP contribution is -1.99. The SMILES string of the molecule is CNc1ncc(Br)c(Oc2cc(Cl)ccc2C)n1. The molecule has 0 atom stereocenters. The molecule has 0 bridgehead atoms. The summed E-state index contributed by atoms with van der Waals surface area (Å²) in [4.78, 5) is 8.29. The molecular formula is C12H11BrClN3O. The molecule has 1 aromatic heterocycles. The zero-order valence-corrected chi connectivity index (χ0v) is 12.2. The second kappa shape index (κ2) is 5.54. The van der Waals surface area contributed by atoms with Crippen LogP contribution in [-0.2, 0) is 0 Å². The maximum absolute atomic E-state index is 5.94. The molecule has 2 rings (SSSR count). The molecule has 0 saturated heterocycles. The van der Waals surface area contributed by atoms with E-state index < -0.39 is 0 Å². The fourth-order valence-corrected chi connectivity index (χ4v) is 1.77. The van der Waals surface area contributed by atoms with E-state index >= 15 is 0 Å². The highest BCUT2D eigenvalue weighted by molar-refractivity contribution is 9.10. The highest BCUT2D eigenvalue weighted by Crippen LogP contribution is 2.31. The van der Waals surface area contributed by atoms with Gasteiger partial charge in [-0.25, -0.2) is 4.98 Å². The number of benzene rings is 1. The Morgan fingerprint density at radius 2 is 2.17 bits per heavy atom. The first kappa shape index (κ1) is 13.1. The van der Waals surface area contributed by atoms with Crippen LogP contribution in [0.4, 0.5) is 5.95 Å². The number of aromatic nitrogens is 2. The maximum atomic E-state index is 5.94. The third kappa shape index (κ3) is 2.91. The van der Waals surface area contributed by atoms with Crippen LogP contribution in [0.1, 0.15) is 5.56 Å². The molecule has 18 heavy (non-hydrogen) atoms. The molecule has 1 aromatic carbocycles. The summed E-state index contributed by atoms with van der Waals surface area (Å²) in [5.74, 6) is 1.61. The van der Waals surface area contributed by atoms with Gasteiger partial charge in [-0.1, -0.05) is 17.7 Å². The van der Waals surface area contributed by atoms with Crippen LogP contribution in [0, 0.1) is 6.92 Å². The van der Waals surface area contributed by atoms with E-state index in [2.05, 4.69) is 31.2 Å². The van der Waals surface area contributed by atoms with E-state index in [1.807, 2.05) is 19.1 Å². The van der Waals surface area contributed by atoms with E-state index in [1.54, 1.807) is 19.3 Å². The van der Waals surface area contributed by atoms with Crippen molar-refractivity contribution in [3.05, 3.63) is 39.5 Å². The van der Waals surface area contributed by atoms with Gasteiger partial charge in [0.25, 0.3) is 0 Å². The first-order chi connectivity index (χ1) is 8.60. The Hall–Kier alpha value is -1.33. The molecule has 0 aliphatic heterocycles. The predicted octanol–water partition coefficient (Wildman–Crippen LogP) is 4.03. The molecule has 0 saturated carbocycles. The summed E-state index contributed by atoms with van der Waals surface area (Å²) in [5.41, 5.74) is 0.982. The van der Waals surface area contributed by atoms with Crippen molar-refractivity contribution in [2.24, 2.45) is 0 Å². The summed E-state index contributed by atoms with van der Waals surface area (Å²) < 4.78 is 6.42. The molecule has 4 nitrogen and oxygen atoms in total. The summed E-state index contributed by atoms with van der Waals surface area (Å²) in [5, 5.41) is 3.48. The van der Waals surface area contributed by atoms with Crippen LogP contribution in [0.3, 0.4) is 0 Å². The number of hydrogen-bond donors (Lipinski definition) is 1. The predicted molar refractivity (Wildman–Crippen MR) is 75.5 cm³/mol. The van der Waals surface area contributed by atoms with Gasteiger partial charge in [0.15, 0.2) is 0 Å². The first-order valence-corrected chi connectivity index (χ1v) is 6.41. The van der Waals surface area contributed by atoms with Crippen LogP contribution < -0.4 is 10.1 Å². The lowest BCUT2D eigenvalue weighted by atomic mass is 10.2. The van der Waals surface area contributed by atoms with Gasteiger partial charge in [-0.15, -0.1) is 0 Å². The number of aryl methyl sites for hydroxylation is 1.